The summed E-state index contributed by atoms with van der Waals surface area (Å²) in [7, 11) is 3.65. The lowest BCUT2D eigenvalue weighted by Gasteiger charge is -2.21. The smallest absolute Gasteiger partial charge is 0.227 e. The molecule has 1 aromatic carbocycles. The number of aliphatic hydroxyl groups is 1. The molecule has 0 fully saturated rings. The summed E-state index contributed by atoms with van der Waals surface area (Å²) in [6.45, 7) is 6.88. The van der Waals surface area contributed by atoms with Crippen LogP contribution in [0.15, 0.2) is 30.6 Å². The molecule has 0 spiro atoms. The second-order valence-corrected chi connectivity index (χ2v) is 7.43. The average molecular weight is 399 g/mol. The minimum atomic E-state index is -0.0978. The van der Waals surface area contributed by atoms with Crippen LogP contribution < -0.4 is 15.0 Å². The maximum absolute atomic E-state index is 9.57. The lowest BCUT2D eigenvalue weighted by Crippen LogP contribution is -2.25. The monoisotopic (exact) mass is 398 g/mol. The molecular formula is C21H30N6O2. The molecule has 29 heavy (non-hydrogen) atoms. The van der Waals surface area contributed by atoms with E-state index < -0.39 is 0 Å². The summed E-state index contributed by atoms with van der Waals surface area (Å²) in [6.07, 6.45) is 2.58. The Hall–Kier alpha value is -2.87. The highest BCUT2D eigenvalue weighted by molar-refractivity contribution is 5.85. The number of hydrogen-bond donors (Lipinski definition) is 2. The van der Waals surface area contributed by atoms with E-state index in [0.717, 1.165) is 34.7 Å². The molecular weight excluding hydrogens is 368 g/mol. The highest BCUT2D eigenvalue weighted by Gasteiger charge is 2.19. The van der Waals surface area contributed by atoms with Crippen LogP contribution in [0.25, 0.3) is 11.2 Å². The number of imidazole rings is 1. The molecule has 2 N–H and O–H groups in total. The van der Waals surface area contributed by atoms with Crippen molar-refractivity contribution in [3.63, 3.8) is 0 Å². The predicted molar refractivity (Wildman–Crippen MR) is 116 cm³/mol. The SMILES string of the molecule is CC[C@@H](CO)Nc1nc(N(C)Cc2cccc(OC)c2)c2ncn(C(C)C)c2n1. The largest absolute Gasteiger partial charge is 0.497 e. The minimum absolute atomic E-state index is 0.0241. The molecule has 0 unspecified atom stereocenters. The van der Waals surface area contributed by atoms with E-state index in [-0.39, 0.29) is 18.7 Å². The van der Waals surface area contributed by atoms with E-state index in [2.05, 4.69) is 35.1 Å². The highest BCUT2D eigenvalue weighted by atomic mass is 16.5. The van der Waals surface area contributed by atoms with E-state index in [0.29, 0.717) is 12.5 Å². The Balaban J connectivity index is 2.01. The molecule has 8 nitrogen and oxygen atoms in total. The second-order valence-electron chi connectivity index (χ2n) is 7.43. The summed E-state index contributed by atoms with van der Waals surface area (Å²) < 4.78 is 7.37. The first kappa shape index (κ1) is 20.9. The number of rotatable bonds is 9. The van der Waals surface area contributed by atoms with Crippen LogP contribution in [0.4, 0.5) is 11.8 Å². The summed E-state index contributed by atoms with van der Waals surface area (Å²) in [5, 5.41) is 12.8. The van der Waals surface area contributed by atoms with Crippen molar-refractivity contribution in [1.29, 1.82) is 0 Å². The lowest BCUT2D eigenvalue weighted by atomic mass is 10.2. The maximum Gasteiger partial charge on any atom is 0.227 e. The van der Waals surface area contributed by atoms with Gasteiger partial charge in [-0.05, 0) is 38.0 Å². The molecule has 2 aromatic heterocycles. The number of nitrogens with one attached hydrogen (secondary N) is 1. The molecule has 0 aliphatic carbocycles. The van der Waals surface area contributed by atoms with Gasteiger partial charge in [0.05, 0.1) is 26.1 Å². The van der Waals surface area contributed by atoms with Gasteiger partial charge in [0.25, 0.3) is 0 Å². The Morgan fingerprint density at radius 2 is 2.07 bits per heavy atom. The molecule has 156 valence electrons. The van der Waals surface area contributed by atoms with Crippen molar-refractivity contribution in [2.45, 2.75) is 45.8 Å². The van der Waals surface area contributed by atoms with Crippen LogP contribution in [0, 0.1) is 0 Å². The minimum Gasteiger partial charge on any atom is -0.497 e. The van der Waals surface area contributed by atoms with E-state index in [9.17, 15) is 5.11 Å². The molecule has 3 aromatic rings. The first-order valence-corrected chi connectivity index (χ1v) is 9.92. The van der Waals surface area contributed by atoms with Crippen LogP contribution in [0.5, 0.6) is 5.75 Å². The van der Waals surface area contributed by atoms with Gasteiger partial charge in [0.15, 0.2) is 17.0 Å². The molecule has 0 saturated heterocycles. The van der Waals surface area contributed by atoms with Crippen LogP contribution in [0.1, 0.15) is 38.8 Å². The first-order valence-electron chi connectivity index (χ1n) is 9.92. The quantitative estimate of drug-likeness (QED) is 0.572. The Bertz CT molecular complexity index is 951. The standard InChI is InChI=1S/C21H30N6O2/c1-6-16(12-28)23-21-24-19(18-20(25-21)27(13-22-18)14(2)3)26(4)11-15-8-7-9-17(10-15)29-5/h7-10,13-14,16,28H,6,11-12H2,1-5H3,(H,23,24,25)/t16-/m0/s1. The second kappa shape index (κ2) is 9.09. The number of nitrogens with zero attached hydrogens (tertiary/aromatic N) is 5. The predicted octanol–water partition coefficient (Wildman–Crippen LogP) is 3.24. The van der Waals surface area contributed by atoms with Crippen LogP contribution in [-0.2, 0) is 6.54 Å². The van der Waals surface area contributed by atoms with Gasteiger partial charge >= 0.3 is 0 Å². The normalized spacial score (nSPS) is 12.4. The maximum atomic E-state index is 9.57. The average Bonchev–Trinajstić information content (AvgIpc) is 3.15. The molecule has 0 aliphatic heterocycles. The van der Waals surface area contributed by atoms with E-state index in [4.69, 9.17) is 14.7 Å². The van der Waals surface area contributed by atoms with Crippen molar-refractivity contribution in [3.8, 4) is 5.75 Å². The Morgan fingerprint density at radius 3 is 2.72 bits per heavy atom. The summed E-state index contributed by atoms with van der Waals surface area (Å²) in [5.74, 6) is 2.06. The zero-order valence-corrected chi connectivity index (χ0v) is 17.8. The fourth-order valence-corrected chi connectivity index (χ4v) is 3.19. The molecule has 1 atom stereocenters. The number of methoxy groups -OCH3 is 1. The van der Waals surface area contributed by atoms with Gasteiger partial charge in [0, 0.05) is 19.6 Å². The van der Waals surface area contributed by atoms with Gasteiger partial charge in [0.1, 0.15) is 5.75 Å². The van der Waals surface area contributed by atoms with Crippen molar-refractivity contribution in [1.82, 2.24) is 19.5 Å². The van der Waals surface area contributed by atoms with E-state index in [1.165, 1.54) is 0 Å². The van der Waals surface area contributed by atoms with Gasteiger partial charge in [0.2, 0.25) is 5.95 Å². The third-order valence-corrected chi connectivity index (χ3v) is 4.92. The van der Waals surface area contributed by atoms with Crippen molar-refractivity contribution in [2.75, 3.05) is 31.0 Å². The molecule has 3 rings (SSSR count). The van der Waals surface area contributed by atoms with Gasteiger partial charge in [-0.1, -0.05) is 19.1 Å². The number of ether oxygens (including phenoxy) is 1. The van der Waals surface area contributed by atoms with Crippen LogP contribution in [-0.4, -0.2) is 51.4 Å². The van der Waals surface area contributed by atoms with E-state index >= 15 is 0 Å². The summed E-state index contributed by atoms with van der Waals surface area (Å²) in [4.78, 5) is 16.1. The van der Waals surface area contributed by atoms with Crippen molar-refractivity contribution in [2.24, 2.45) is 0 Å². The fourth-order valence-electron chi connectivity index (χ4n) is 3.19. The van der Waals surface area contributed by atoms with E-state index in [1.54, 1.807) is 13.4 Å². The molecule has 2 heterocycles. The molecule has 0 saturated carbocycles. The zero-order chi connectivity index (χ0) is 21.0. The molecule has 0 aliphatic rings. The Kier molecular flexibility index (Phi) is 6.53. The number of aliphatic hydroxyl groups excluding tert-OH is 1. The number of benzene rings is 1. The molecule has 0 radical (unpaired) electrons. The zero-order valence-electron chi connectivity index (χ0n) is 17.8. The molecule has 0 amide bonds. The third kappa shape index (κ3) is 4.59. The van der Waals surface area contributed by atoms with Crippen molar-refractivity contribution in [3.05, 3.63) is 36.2 Å². The van der Waals surface area contributed by atoms with E-state index in [1.807, 2.05) is 36.7 Å². The lowest BCUT2D eigenvalue weighted by molar-refractivity contribution is 0.271. The number of hydrogen-bond acceptors (Lipinski definition) is 7. The van der Waals surface area contributed by atoms with Crippen LogP contribution in [0.2, 0.25) is 0 Å². The number of anilines is 2. The Morgan fingerprint density at radius 1 is 1.28 bits per heavy atom. The summed E-state index contributed by atoms with van der Waals surface area (Å²) >= 11 is 0. The number of fused-ring (bicyclic) bond motifs is 1. The Labute approximate surface area is 171 Å². The van der Waals surface area contributed by atoms with Gasteiger partial charge in [-0.3, -0.25) is 0 Å². The van der Waals surface area contributed by atoms with Gasteiger partial charge in [-0.15, -0.1) is 0 Å². The fraction of sp³-hybridized carbons (Fsp3) is 0.476. The van der Waals surface area contributed by atoms with Crippen LogP contribution >= 0.6 is 0 Å². The van der Waals surface area contributed by atoms with Gasteiger partial charge < -0.3 is 24.6 Å². The van der Waals surface area contributed by atoms with Crippen molar-refractivity contribution < 1.29 is 9.84 Å². The summed E-state index contributed by atoms with van der Waals surface area (Å²) in [6, 6.07) is 8.10. The summed E-state index contributed by atoms with van der Waals surface area (Å²) in [5.41, 5.74) is 2.64. The van der Waals surface area contributed by atoms with Gasteiger partial charge in [-0.2, -0.15) is 9.97 Å². The number of aromatic nitrogens is 4. The molecule has 8 heteroatoms. The third-order valence-electron chi connectivity index (χ3n) is 4.92. The van der Waals surface area contributed by atoms with Gasteiger partial charge in [-0.25, -0.2) is 4.98 Å². The molecule has 0 bridgehead atoms. The first-order chi connectivity index (χ1) is 14.0. The topological polar surface area (TPSA) is 88.3 Å². The van der Waals surface area contributed by atoms with Crippen LogP contribution in [0.3, 0.4) is 0 Å². The van der Waals surface area contributed by atoms with Crippen molar-refractivity contribution >= 4 is 22.9 Å². The highest BCUT2D eigenvalue weighted by Crippen LogP contribution is 2.27.